The van der Waals surface area contributed by atoms with Gasteiger partial charge in [-0.3, -0.25) is 4.90 Å². The summed E-state index contributed by atoms with van der Waals surface area (Å²) in [6.45, 7) is 6.04. The van der Waals surface area contributed by atoms with Crippen LogP contribution in [0.3, 0.4) is 0 Å². The molecule has 1 atom stereocenters. The molecule has 1 fully saturated rings. The predicted octanol–water partition coefficient (Wildman–Crippen LogP) is 1.03. The first-order valence-electron chi connectivity index (χ1n) is 4.81. The zero-order valence-corrected chi connectivity index (χ0v) is 8.99. The van der Waals surface area contributed by atoms with Crippen molar-refractivity contribution < 1.29 is 0 Å². The summed E-state index contributed by atoms with van der Waals surface area (Å²) in [5.41, 5.74) is 0. The summed E-state index contributed by atoms with van der Waals surface area (Å²) in [6, 6.07) is 0.792. The summed E-state index contributed by atoms with van der Waals surface area (Å²) in [4.78, 5) is 2.60. The van der Waals surface area contributed by atoms with Gasteiger partial charge in [-0.2, -0.15) is 11.8 Å². The second-order valence-electron chi connectivity index (χ2n) is 3.42. The summed E-state index contributed by atoms with van der Waals surface area (Å²) in [7, 11) is 2.02. The van der Waals surface area contributed by atoms with Crippen molar-refractivity contribution in [1.29, 1.82) is 0 Å². The average molecular weight is 188 g/mol. The van der Waals surface area contributed by atoms with Gasteiger partial charge >= 0.3 is 0 Å². The fraction of sp³-hybridized carbons (Fsp3) is 1.00. The van der Waals surface area contributed by atoms with Crippen molar-refractivity contribution in [3.63, 3.8) is 0 Å². The molecule has 1 aliphatic rings. The molecule has 1 unspecified atom stereocenters. The topological polar surface area (TPSA) is 15.3 Å². The van der Waals surface area contributed by atoms with E-state index in [4.69, 9.17) is 0 Å². The Hall–Kier alpha value is 0.270. The fourth-order valence-electron chi connectivity index (χ4n) is 1.55. The normalized spacial score (nSPS) is 26.0. The lowest BCUT2D eigenvalue weighted by atomic mass is 10.3. The Morgan fingerprint density at radius 1 is 1.58 bits per heavy atom. The highest BCUT2D eigenvalue weighted by atomic mass is 32.2. The van der Waals surface area contributed by atoms with Gasteiger partial charge in [-0.1, -0.05) is 0 Å². The lowest BCUT2D eigenvalue weighted by molar-refractivity contribution is 0.230. The average Bonchev–Trinajstić information content (AvgIpc) is 2.09. The molecule has 0 saturated carbocycles. The zero-order valence-electron chi connectivity index (χ0n) is 8.18. The van der Waals surface area contributed by atoms with Crippen molar-refractivity contribution in [3.8, 4) is 0 Å². The zero-order chi connectivity index (χ0) is 8.81. The summed E-state index contributed by atoms with van der Waals surface area (Å²) in [5.74, 6) is 2.64. The van der Waals surface area contributed by atoms with Crippen LogP contribution in [0.25, 0.3) is 0 Å². The van der Waals surface area contributed by atoms with Crippen molar-refractivity contribution in [2.75, 3.05) is 38.2 Å². The standard InChI is InChI=1S/C9H20N2S/c1-9-8-12-7-6-11(9)5-3-4-10-2/h9-10H,3-8H2,1-2H3. The van der Waals surface area contributed by atoms with Crippen LogP contribution in [-0.2, 0) is 0 Å². The van der Waals surface area contributed by atoms with Gasteiger partial charge in [0.05, 0.1) is 0 Å². The highest BCUT2D eigenvalue weighted by Gasteiger charge is 2.17. The molecule has 0 spiro atoms. The molecule has 0 aliphatic carbocycles. The van der Waals surface area contributed by atoms with Crippen molar-refractivity contribution in [1.82, 2.24) is 10.2 Å². The van der Waals surface area contributed by atoms with Crippen LogP contribution in [0.4, 0.5) is 0 Å². The maximum Gasteiger partial charge on any atom is 0.0158 e. The third-order valence-corrected chi connectivity index (χ3v) is 3.57. The molecule has 1 saturated heterocycles. The second kappa shape index (κ2) is 5.84. The van der Waals surface area contributed by atoms with Gasteiger partial charge in [0.15, 0.2) is 0 Å². The third kappa shape index (κ3) is 3.33. The van der Waals surface area contributed by atoms with Crippen LogP contribution >= 0.6 is 11.8 Å². The number of rotatable bonds is 4. The second-order valence-corrected chi connectivity index (χ2v) is 4.57. The predicted molar refractivity (Wildman–Crippen MR) is 56.9 cm³/mol. The highest BCUT2D eigenvalue weighted by Crippen LogP contribution is 2.15. The minimum Gasteiger partial charge on any atom is -0.320 e. The monoisotopic (exact) mass is 188 g/mol. The maximum atomic E-state index is 3.19. The molecule has 72 valence electrons. The summed E-state index contributed by atoms with van der Waals surface area (Å²) < 4.78 is 0. The van der Waals surface area contributed by atoms with Crippen molar-refractivity contribution in [2.45, 2.75) is 19.4 Å². The van der Waals surface area contributed by atoms with Crippen LogP contribution in [0.5, 0.6) is 0 Å². The molecular formula is C9H20N2S. The number of nitrogens with one attached hydrogen (secondary N) is 1. The van der Waals surface area contributed by atoms with E-state index in [1.54, 1.807) is 0 Å². The van der Waals surface area contributed by atoms with E-state index in [0.29, 0.717) is 0 Å². The molecule has 0 bridgehead atoms. The van der Waals surface area contributed by atoms with E-state index in [2.05, 4.69) is 28.9 Å². The Morgan fingerprint density at radius 3 is 3.08 bits per heavy atom. The molecule has 12 heavy (non-hydrogen) atoms. The van der Waals surface area contributed by atoms with Gasteiger partial charge in [0.2, 0.25) is 0 Å². The Kier molecular flexibility index (Phi) is 5.04. The van der Waals surface area contributed by atoms with Crippen LogP contribution in [0, 0.1) is 0 Å². The lowest BCUT2D eigenvalue weighted by Gasteiger charge is -2.32. The number of hydrogen-bond donors (Lipinski definition) is 1. The van der Waals surface area contributed by atoms with Gasteiger partial charge in [0, 0.05) is 24.1 Å². The molecule has 0 radical (unpaired) electrons. The molecule has 0 aromatic heterocycles. The van der Waals surface area contributed by atoms with E-state index < -0.39 is 0 Å². The van der Waals surface area contributed by atoms with Crippen molar-refractivity contribution >= 4 is 11.8 Å². The van der Waals surface area contributed by atoms with Gasteiger partial charge in [-0.05, 0) is 33.5 Å². The fourth-order valence-corrected chi connectivity index (χ4v) is 2.63. The van der Waals surface area contributed by atoms with Crippen molar-refractivity contribution in [2.24, 2.45) is 0 Å². The number of nitrogens with zero attached hydrogens (tertiary/aromatic N) is 1. The molecule has 3 heteroatoms. The highest BCUT2D eigenvalue weighted by molar-refractivity contribution is 7.99. The Bertz CT molecular complexity index is 119. The molecule has 1 aliphatic heterocycles. The SMILES string of the molecule is CNCCCN1CCSCC1C. The Labute approximate surface area is 80.1 Å². The smallest absolute Gasteiger partial charge is 0.0158 e. The minimum absolute atomic E-state index is 0.792. The molecule has 1 heterocycles. The number of thioether (sulfide) groups is 1. The van der Waals surface area contributed by atoms with Gasteiger partial charge in [0.25, 0.3) is 0 Å². The number of hydrogen-bond acceptors (Lipinski definition) is 3. The molecule has 1 rings (SSSR count). The molecular weight excluding hydrogens is 168 g/mol. The summed E-state index contributed by atoms with van der Waals surface area (Å²) in [5, 5.41) is 3.19. The summed E-state index contributed by atoms with van der Waals surface area (Å²) >= 11 is 2.09. The van der Waals surface area contributed by atoms with Gasteiger partial charge in [-0.25, -0.2) is 0 Å². The molecule has 0 aromatic carbocycles. The van der Waals surface area contributed by atoms with E-state index in [0.717, 1.165) is 12.6 Å². The lowest BCUT2D eigenvalue weighted by Crippen LogP contribution is -2.41. The van der Waals surface area contributed by atoms with E-state index in [1.807, 2.05) is 7.05 Å². The van der Waals surface area contributed by atoms with E-state index in [-0.39, 0.29) is 0 Å². The van der Waals surface area contributed by atoms with Gasteiger partial charge in [-0.15, -0.1) is 0 Å². The minimum atomic E-state index is 0.792. The van der Waals surface area contributed by atoms with Crippen LogP contribution in [-0.4, -0.2) is 49.1 Å². The van der Waals surface area contributed by atoms with E-state index in [9.17, 15) is 0 Å². The van der Waals surface area contributed by atoms with Gasteiger partial charge < -0.3 is 5.32 Å². The summed E-state index contributed by atoms with van der Waals surface area (Å²) in [6.07, 6.45) is 1.28. The first kappa shape index (κ1) is 10.4. The molecule has 1 N–H and O–H groups in total. The Morgan fingerprint density at radius 2 is 2.42 bits per heavy atom. The largest absolute Gasteiger partial charge is 0.320 e. The Balaban J connectivity index is 2.11. The van der Waals surface area contributed by atoms with Crippen LogP contribution in [0.2, 0.25) is 0 Å². The van der Waals surface area contributed by atoms with Crippen LogP contribution < -0.4 is 5.32 Å². The quantitative estimate of drug-likeness (QED) is 0.664. The molecule has 0 amide bonds. The van der Waals surface area contributed by atoms with Crippen molar-refractivity contribution in [3.05, 3.63) is 0 Å². The maximum absolute atomic E-state index is 3.19. The molecule has 0 aromatic rings. The van der Waals surface area contributed by atoms with E-state index in [1.165, 1.54) is 31.0 Å². The van der Waals surface area contributed by atoms with Gasteiger partial charge in [0.1, 0.15) is 0 Å². The van der Waals surface area contributed by atoms with E-state index >= 15 is 0 Å². The first-order chi connectivity index (χ1) is 5.84. The van der Waals surface area contributed by atoms with Crippen LogP contribution in [0.15, 0.2) is 0 Å². The first-order valence-corrected chi connectivity index (χ1v) is 5.96. The van der Waals surface area contributed by atoms with Crippen LogP contribution in [0.1, 0.15) is 13.3 Å². The molecule has 2 nitrogen and oxygen atoms in total. The third-order valence-electron chi connectivity index (χ3n) is 2.38.